The SMILES string of the molecule is CC(=O)NCCC#Cc1nc(F)ccc1N. The van der Waals surface area contributed by atoms with Gasteiger partial charge in [0.25, 0.3) is 0 Å². The molecule has 5 heteroatoms. The van der Waals surface area contributed by atoms with E-state index in [0.717, 1.165) is 0 Å². The lowest BCUT2D eigenvalue weighted by atomic mass is 10.3. The Balaban J connectivity index is 2.56. The molecule has 1 aromatic rings. The van der Waals surface area contributed by atoms with Gasteiger partial charge in [-0.3, -0.25) is 4.79 Å². The number of carbonyl (C=O) groups excluding carboxylic acids is 1. The largest absolute Gasteiger partial charge is 0.396 e. The van der Waals surface area contributed by atoms with Gasteiger partial charge in [-0.2, -0.15) is 4.39 Å². The van der Waals surface area contributed by atoms with Gasteiger partial charge in [0, 0.05) is 19.9 Å². The molecule has 1 aromatic heterocycles. The highest BCUT2D eigenvalue weighted by molar-refractivity contribution is 5.72. The molecule has 0 aliphatic rings. The molecule has 4 nitrogen and oxygen atoms in total. The van der Waals surface area contributed by atoms with Crippen LogP contribution in [-0.4, -0.2) is 17.4 Å². The number of amides is 1. The van der Waals surface area contributed by atoms with Gasteiger partial charge in [0.1, 0.15) is 5.69 Å². The van der Waals surface area contributed by atoms with Crippen molar-refractivity contribution < 1.29 is 9.18 Å². The van der Waals surface area contributed by atoms with Gasteiger partial charge in [0.05, 0.1) is 5.69 Å². The number of halogens is 1. The fraction of sp³-hybridized carbons (Fsp3) is 0.273. The van der Waals surface area contributed by atoms with Crippen molar-refractivity contribution in [3.05, 3.63) is 23.8 Å². The van der Waals surface area contributed by atoms with Crippen LogP contribution in [0.3, 0.4) is 0 Å². The second-order valence-corrected chi connectivity index (χ2v) is 3.11. The quantitative estimate of drug-likeness (QED) is 0.438. The lowest BCUT2D eigenvalue weighted by molar-refractivity contribution is -0.118. The number of nitrogens with two attached hydrogens (primary N) is 1. The number of nitrogens with one attached hydrogen (secondary N) is 1. The first-order valence-electron chi connectivity index (χ1n) is 4.75. The van der Waals surface area contributed by atoms with Crippen molar-refractivity contribution in [2.24, 2.45) is 0 Å². The average Bonchev–Trinajstić information content (AvgIpc) is 2.22. The zero-order valence-corrected chi connectivity index (χ0v) is 8.88. The summed E-state index contributed by atoms with van der Waals surface area (Å²) in [7, 11) is 0. The summed E-state index contributed by atoms with van der Waals surface area (Å²) in [4.78, 5) is 14.1. The van der Waals surface area contributed by atoms with Crippen LogP contribution in [0.25, 0.3) is 0 Å². The first-order chi connectivity index (χ1) is 7.59. The standard InChI is InChI=1S/C11H12FN3O/c1-8(16)14-7-3-2-4-10-9(13)5-6-11(12)15-10/h5-6H,3,7,13H2,1H3,(H,14,16). The zero-order chi connectivity index (χ0) is 12.0. The maximum absolute atomic E-state index is 12.7. The predicted octanol–water partition coefficient (Wildman–Crippen LogP) is 0.681. The summed E-state index contributed by atoms with van der Waals surface area (Å²) < 4.78 is 12.7. The van der Waals surface area contributed by atoms with Gasteiger partial charge in [-0.1, -0.05) is 5.92 Å². The Kier molecular flexibility index (Phi) is 4.28. The van der Waals surface area contributed by atoms with Crippen molar-refractivity contribution in [1.29, 1.82) is 0 Å². The van der Waals surface area contributed by atoms with Crippen LogP contribution in [0.5, 0.6) is 0 Å². The Labute approximate surface area is 93.1 Å². The molecule has 0 saturated heterocycles. The van der Waals surface area contributed by atoms with E-state index in [4.69, 9.17) is 5.73 Å². The second-order valence-electron chi connectivity index (χ2n) is 3.11. The number of hydrogen-bond donors (Lipinski definition) is 2. The molecular weight excluding hydrogens is 209 g/mol. The molecule has 1 amide bonds. The summed E-state index contributed by atoms with van der Waals surface area (Å²) in [5.41, 5.74) is 6.12. The Morgan fingerprint density at radius 1 is 1.62 bits per heavy atom. The highest BCUT2D eigenvalue weighted by Crippen LogP contribution is 2.07. The Morgan fingerprint density at radius 2 is 2.38 bits per heavy atom. The van der Waals surface area contributed by atoms with E-state index >= 15 is 0 Å². The predicted molar refractivity (Wildman–Crippen MR) is 58.8 cm³/mol. The van der Waals surface area contributed by atoms with E-state index in [1.165, 1.54) is 19.1 Å². The summed E-state index contributed by atoms with van der Waals surface area (Å²) in [6, 6.07) is 2.60. The highest BCUT2D eigenvalue weighted by atomic mass is 19.1. The third kappa shape index (κ3) is 3.96. The van der Waals surface area contributed by atoms with Crippen molar-refractivity contribution in [3.8, 4) is 11.8 Å². The van der Waals surface area contributed by atoms with E-state index in [1.807, 2.05) is 0 Å². The van der Waals surface area contributed by atoms with E-state index in [0.29, 0.717) is 18.7 Å². The average molecular weight is 221 g/mol. The third-order valence-corrected chi connectivity index (χ3v) is 1.72. The molecule has 3 N–H and O–H groups in total. The fourth-order valence-corrected chi connectivity index (χ4v) is 0.993. The molecule has 84 valence electrons. The maximum atomic E-state index is 12.7. The number of pyridine rings is 1. The summed E-state index contributed by atoms with van der Waals surface area (Å²) in [6.45, 7) is 1.89. The van der Waals surface area contributed by atoms with Gasteiger partial charge in [-0.15, -0.1) is 0 Å². The van der Waals surface area contributed by atoms with Crippen LogP contribution in [0.1, 0.15) is 19.0 Å². The lowest BCUT2D eigenvalue weighted by Gasteiger charge is -1.97. The molecule has 1 heterocycles. The van der Waals surface area contributed by atoms with Crippen molar-refractivity contribution in [1.82, 2.24) is 10.3 Å². The number of nitrogens with zero attached hydrogens (tertiary/aromatic N) is 1. The van der Waals surface area contributed by atoms with E-state index in [9.17, 15) is 9.18 Å². The first-order valence-corrected chi connectivity index (χ1v) is 4.75. The van der Waals surface area contributed by atoms with Gasteiger partial charge in [0.2, 0.25) is 11.9 Å². The van der Waals surface area contributed by atoms with Gasteiger partial charge >= 0.3 is 0 Å². The van der Waals surface area contributed by atoms with E-state index in [2.05, 4.69) is 22.1 Å². The van der Waals surface area contributed by atoms with Crippen LogP contribution in [0, 0.1) is 17.8 Å². The number of anilines is 1. The Hall–Kier alpha value is -2.09. The molecule has 16 heavy (non-hydrogen) atoms. The first kappa shape index (κ1) is 12.0. The molecule has 0 aromatic carbocycles. The van der Waals surface area contributed by atoms with Crippen molar-refractivity contribution in [2.75, 3.05) is 12.3 Å². The zero-order valence-electron chi connectivity index (χ0n) is 8.88. The smallest absolute Gasteiger partial charge is 0.216 e. The van der Waals surface area contributed by atoms with Gasteiger partial charge in [-0.05, 0) is 18.1 Å². The Morgan fingerprint density at radius 3 is 3.06 bits per heavy atom. The van der Waals surface area contributed by atoms with Crippen LogP contribution >= 0.6 is 0 Å². The molecule has 0 atom stereocenters. The molecule has 0 aliphatic heterocycles. The molecule has 0 aliphatic carbocycles. The fourth-order valence-electron chi connectivity index (χ4n) is 0.993. The van der Waals surface area contributed by atoms with Crippen LogP contribution in [0.15, 0.2) is 12.1 Å². The highest BCUT2D eigenvalue weighted by Gasteiger charge is 1.98. The van der Waals surface area contributed by atoms with Crippen LogP contribution in [-0.2, 0) is 4.79 Å². The number of carbonyl (C=O) groups is 1. The van der Waals surface area contributed by atoms with E-state index in [1.54, 1.807) is 0 Å². The third-order valence-electron chi connectivity index (χ3n) is 1.72. The number of hydrogen-bond acceptors (Lipinski definition) is 3. The minimum absolute atomic E-state index is 0.106. The minimum atomic E-state index is -0.611. The number of rotatable bonds is 2. The molecule has 0 saturated carbocycles. The molecule has 0 unspecified atom stereocenters. The van der Waals surface area contributed by atoms with E-state index in [-0.39, 0.29) is 11.6 Å². The van der Waals surface area contributed by atoms with Crippen molar-refractivity contribution >= 4 is 11.6 Å². The topological polar surface area (TPSA) is 68.0 Å². The minimum Gasteiger partial charge on any atom is -0.396 e. The summed E-state index contributed by atoms with van der Waals surface area (Å²) >= 11 is 0. The van der Waals surface area contributed by atoms with Gasteiger partial charge < -0.3 is 11.1 Å². The summed E-state index contributed by atoms with van der Waals surface area (Å²) in [6.07, 6.45) is 0.469. The van der Waals surface area contributed by atoms with Crippen molar-refractivity contribution in [2.45, 2.75) is 13.3 Å². The lowest BCUT2D eigenvalue weighted by Crippen LogP contribution is -2.20. The molecule has 0 radical (unpaired) electrons. The molecule has 0 fully saturated rings. The van der Waals surface area contributed by atoms with Crippen LogP contribution < -0.4 is 11.1 Å². The van der Waals surface area contributed by atoms with Gasteiger partial charge in [-0.25, -0.2) is 4.98 Å². The van der Waals surface area contributed by atoms with Crippen LogP contribution in [0.4, 0.5) is 10.1 Å². The summed E-state index contributed by atoms with van der Waals surface area (Å²) in [5, 5.41) is 2.59. The summed E-state index contributed by atoms with van der Waals surface area (Å²) in [5.74, 6) is 4.68. The maximum Gasteiger partial charge on any atom is 0.216 e. The normalized spacial score (nSPS) is 9.12. The van der Waals surface area contributed by atoms with Gasteiger partial charge in [0.15, 0.2) is 0 Å². The Bertz CT molecular complexity index is 448. The number of aromatic nitrogens is 1. The van der Waals surface area contributed by atoms with Crippen LogP contribution in [0.2, 0.25) is 0 Å². The molecule has 0 spiro atoms. The molecular formula is C11H12FN3O. The second kappa shape index (κ2) is 5.71. The number of nitrogen functional groups attached to an aromatic ring is 1. The molecule has 1 rings (SSSR count). The molecule has 0 bridgehead atoms. The van der Waals surface area contributed by atoms with E-state index < -0.39 is 5.95 Å². The monoisotopic (exact) mass is 221 g/mol. The van der Waals surface area contributed by atoms with Crippen molar-refractivity contribution in [3.63, 3.8) is 0 Å².